The molecule has 25 heavy (non-hydrogen) atoms. The molecule has 3 N–H and O–H groups in total. The fraction of sp³-hybridized carbons (Fsp3) is 0.263. The lowest BCUT2D eigenvalue weighted by atomic mass is 9.96. The highest BCUT2D eigenvalue weighted by Gasteiger charge is 2.44. The maximum absolute atomic E-state index is 12.3. The number of benzene rings is 2. The molecule has 0 amide bonds. The highest BCUT2D eigenvalue weighted by atomic mass is 79.9. The van der Waals surface area contributed by atoms with Gasteiger partial charge in [0.25, 0.3) is 0 Å². The molecular formula is C19H18BrNO4. The molecule has 1 atom stereocenters. The summed E-state index contributed by atoms with van der Waals surface area (Å²) in [5, 5.41) is 9.59. The number of aliphatic carboxylic acids is 1. The predicted octanol–water partition coefficient (Wildman–Crippen LogP) is 2.91. The van der Waals surface area contributed by atoms with E-state index in [1.807, 2.05) is 48.5 Å². The van der Waals surface area contributed by atoms with Crippen LogP contribution in [0, 0.1) is 0 Å². The van der Waals surface area contributed by atoms with Gasteiger partial charge in [0.05, 0.1) is 0 Å². The Morgan fingerprint density at radius 3 is 2.08 bits per heavy atom. The van der Waals surface area contributed by atoms with Gasteiger partial charge in [-0.1, -0.05) is 64.5 Å². The molecule has 0 fully saturated rings. The number of hydrogen-bond donors (Lipinski definition) is 2. The smallest absolute Gasteiger partial charge is 0.337 e. The average Bonchev–Trinajstić information content (AvgIpc) is 2.93. The van der Waals surface area contributed by atoms with E-state index in [1.165, 1.54) is 0 Å². The molecular weight excluding hydrogens is 386 g/mol. The highest BCUT2D eigenvalue weighted by Crippen LogP contribution is 2.44. The number of carboxylic acid groups (broad SMARTS) is 1. The van der Waals surface area contributed by atoms with E-state index in [0.717, 1.165) is 22.3 Å². The summed E-state index contributed by atoms with van der Waals surface area (Å²) in [6, 6.07) is 15.9. The molecule has 130 valence electrons. The Kier molecular flexibility index (Phi) is 4.92. The molecule has 0 spiro atoms. The lowest BCUT2D eigenvalue weighted by Gasteiger charge is -2.23. The summed E-state index contributed by atoms with van der Waals surface area (Å²) < 4.78 is 5.35. The summed E-state index contributed by atoms with van der Waals surface area (Å²) in [7, 11) is 0. The van der Waals surface area contributed by atoms with E-state index in [9.17, 15) is 14.7 Å². The van der Waals surface area contributed by atoms with Crippen LogP contribution < -0.4 is 5.73 Å². The van der Waals surface area contributed by atoms with E-state index in [-0.39, 0.29) is 18.9 Å². The number of carbonyl (C=O) groups excluding carboxylic acids is 1. The van der Waals surface area contributed by atoms with Crippen molar-refractivity contribution < 1.29 is 19.4 Å². The number of halogens is 1. The zero-order valence-corrected chi connectivity index (χ0v) is 15.0. The Bertz CT molecular complexity index is 777. The van der Waals surface area contributed by atoms with Crippen molar-refractivity contribution >= 4 is 27.9 Å². The van der Waals surface area contributed by atoms with Crippen LogP contribution in [-0.2, 0) is 14.3 Å². The third-order valence-corrected chi connectivity index (χ3v) is 4.97. The minimum Gasteiger partial charge on any atom is -0.479 e. The van der Waals surface area contributed by atoms with E-state index in [2.05, 4.69) is 15.9 Å². The molecule has 0 bridgehead atoms. The second kappa shape index (κ2) is 6.98. The lowest BCUT2D eigenvalue weighted by Crippen LogP contribution is -2.56. The van der Waals surface area contributed by atoms with Crippen LogP contribution in [0.15, 0.2) is 48.5 Å². The van der Waals surface area contributed by atoms with E-state index < -0.39 is 17.5 Å². The lowest BCUT2D eigenvalue weighted by molar-refractivity contribution is -0.161. The zero-order valence-electron chi connectivity index (χ0n) is 13.4. The van der Waals surface area contributed by atoms with Gasteiger partial charge in [0, 0.05) is 11.2 Å². The number of ether oxygens (including phenoxy) is 1. The molecule has 0 heterocycles. The van der Waals surface area contributed by atoms with Gasteiger partial charge in [-0.3, -0.25) is 0 Å². The van der Waals surface area contributed by atoms with Crippen LogP contribution in [0.4, 0.5) is 0 Å². The molecule has 6 heteroatoms. The van der Waals surface area contributed by atoms with E-state index in [0.29, 0.717) is 5.33 Å². The molecule has 0 aliphatic heterocycles. The number of nitrogens with two attached hydrogens (primary N) is 1. The largest absolute Gasteiger partial charge is 0.479 e. The number of carboxylic acids is 1. The summed E-state index contributed by atoms with van der Waals surface area (Å²) in [4.78, 5) is 23.7. The second-order valence-electron chi connectivity index (χ2n) is 6.04. The van der Waals surface area contributed by atoms with Crippen molar-refractivity contribution in [1.82, 2.24) is 0 Å². The Morgan fingerprint density at radius 2 is 1.60 bits per heavy atom. The third kappa shape index (κ3) is 3.07. The molecule has 2 aromatic rings. The first-order valence-electron chi connectivity index (χ1n) is 7.92. The standard InChI is InChI=1S/C19H18BrNO4/c20-10-9-19(21,17(22)23)18(24)25-11-16-14-7-3-1-5-12(14)13-6-2-4-8-15(13)16/h1-8,16H,9-11,21H2,(H,22,23). The number of rotatable bonds is 6. The van der Waals surface area contributed by atoms with Gasteiger partial charge in [-0.25, -0.2) is 9.59 Å². The first kappa shape index (κ1) is 17.6. The summed E-state index contributed by atoms with van der Waals surface area (Å²) in [5.41, 5.74) is 8.07. The summed E-state index contributed by atoms with van der Waals surface area (Å²) in [6.07, 6.45) is -0.0427. The number of esters is 1. The summed E-state index contributed by atoms with van der Waals surface area (Å²) >= 11 is 3.13. The van der Waals surface area contributed by atoms with Crippen molar-refractivity contribution in [1.29, 1.82) is 0 Å². The van der Waals surface area contributed by atoms with Crippen LogP contribution in [0.2, 0.25) is 0 Å². The Labute approximate surface area is 153 Å². The number of alkyl halides is 1. The molecule has 2 aromatic carbocycles. The Hall–Kier alpha value is -2.18. The Balaban J connectivity index is 1.84. The van der Waals surface area contributed by atoms with E-state index in [1.54, 1.807) is 0 Å². The first-order chi connectivity index (χ1) is 12.0. The molecule has 1 unspecified atom stereocenters. The van der Waals surface area contributed by atoms with Crippen LogP contribution in [0.5, 0.6) is 0 Å². The fourth-order valence-electron chi connectivity index (χ4n) is 3.17. The molecule has 1 aliphatic rings. The van der Waals surface area contributed by atoms with Gasteiger partial charge < -0.3 is 15.6 Å². The van der Waals surface area contributed by atoms with Crippen molar-refractivity contribution in [2.75, 3.05) is 11.9 Å². The van der Waals surface area contributed by atoms with Crippen molar-refractivity contribution in [3.05, 3.63) is 59.7 Å². The van der Waals surface area contributed by atoms with Gasteiger partial charge in [-0.2, -0.15) is 0 Å². The van der Waals surface area contributed by atoms with Crippen molar-refractivity contribution in [2.45, 2.75) is 17.9 Å². The fourth-order valence-corrected chi connectivity index (χ4v) is 3.80. The zero-order chi connectivity index (χ0) is 18.0. The summed E-state index contributed by atoms with van der Waals surface area (Å²) in [6.45, 7) is 0.0569. The molecule has 0 radical (unpaired) electrons. The molecule has 0 saturated carbocycles. The van der Waals surface area contributed by atoms with Crippen LogP contribution in [0.25, 0.3) is 11.1 Å². The van der Waals surface area contributed by atoms with Gasteiger partial charge in [-0.15, -0.1) is 0 Å². The van der Waals surface area contributed by atoms with Gasteiger partial charge in [-0.05, 0) is 28.7 Å². The number of fused-ring (bicyclic) bond motifs is 3. The maximum atomic E-state index is 12.3. The monoisotopic (exact) mass is 403 g/mol. The Morgan fingerprint density at radius 1 is 1.08 bits per heavy atom. The van der Waals surface area contributed by atoms with Crippen LogP contribution in [0.1, 0.15) is 23.5 Å². The van der Waals surface area contributed by atoms with Crippen LogP contribution in [0.3, 0.4) is 0 Å². The number of carbonyl (C=O) groups is 2. The molecule has 1 aliphatic carbocycles. The topological polar surface area (TPSA) is 89.6 Å². The maximum Gasteiger partial charge on any atom is 0.337 e. The molecule has 3 rings (SSSR count). The SMILES string of the molecule is NC(CCBr)(C(=O)O)C(=O)OCC1c2ccccc2-c2ccccc21. The average molecular weight is 404 g/mol. The minimum atomic E-state index is -2.04. The van der Waals surface area contributed by atoms with Crippen molar-refractivity contribution in [3.8, 4) is 11.1 Å². The number of hydrogen-bond acceptors (Lipinski definition) is 4. The van der Waals surface area contributed by atoms with Gasteiger partial charge in [0.15, 0.2) is 0 Å². The normalized spacial score (nSPS) is 15.1. The first-order valence-corrected chi connectivity index (χ1v) is 9.05. The van der Waals surface area contributed by atoms with Gasteiger partial charge in [0.1, 0.15) is 6.61 Å². The molecule has 5 nitrogen and oxygen atoms in total. The summed E-state index contributed by atoms with van der Waals surface area (Å²) in [5.74, 6) is -2.43. The van der Waals surface area contributed by atoms with Gasteiger partial charge in [0.2, 0.25) is 5.54 Å². The minimum absolute atomic E-state index is 0.0427. The van der Waals surface area contributed by atoms with E-state index >= 15 is 0 Å². The van der Waals surface area contributed by atoms with Crippen molar-refractivity contribution in [3.63, 3.8) is 0 Å². The van der Waals surface area contributed by atoms with Crippen LogP contribution in [-0.4, -0.2) is 34.5 Å². The quantitative estimate of drug-likeness (QED) is 0.439. The van der Waals surface area contributed by atoms with E-state index in [4.69, 9.17) is 10.5 Å². The van der Waals surface area contributed by atoms with Gasteiger partial charge >= 0.3 is 11.9 Å². The third-order valence-electron chi connectivity index (χ3n) is 4.58. The highest BCUT2D eigenvalue weighted by molar-refractivity contribution is 9.09. The molecule has 0 aromatic heterocycles. The second-order valence-corrected chi connectivity index (χ2v) is 6.83. The predicted molar refractivity (Wildman–Crippen MR) is 97.6 cm³/mol. The van der Waals surface area contributed by atoms with Crippen LogP contribution >= 0.6 is 15.9 Å². The molecule has 0 saturated heterocycles. The van der Waals surface area contributed by atoms with Crippen molar-refractivity contribution in [2.24, 2.45) is 5.73 Å².